The standard InChI is InChI=1S/C21H25F3N2O5S/c1-5-14(2)25-20(27)13-26(16-8-6-7-15(11-16)21(22,23)24)32(28,29)17-9-10-18(30-3)19(12-17)31-4/h6-12,14H,5,13H2,1-4H3,(H,25,27). The van der Waals surface area contributed by atoms with Crippen LogP contribution in [0.4, 0.5) is 18.9 Å². The summed E-state index contributed by atoms with van der Waals surface area (Å²) in [6.45, 7) is 2.85. The summed E-state index contributed by atoms with van der Waals surface area (Å²) in [5.74, 6) is -0.269. The van der Waals surface area contributed by atoms with E-state index >= 15 is 0 Å². The van der Waals surface area contributed by atoms with Crippen molar-refractivity contribution >= 4 is 21.6 Å². The number of sulfonamides is 1. The molecule has 1 N–H and O–H groups in total. The van der Waals surface area contributed by atoms with Crippen LogP contribution in [0.2, 0.25) is 0 Å². The van der Waals surface area contributed by atoms with Crippen LogP contribution in [0.3, 0.4) is 0 Å². The number of carbonyl (C=O) groups is 1. The molecule has 0 heterocycles. The summed E-state index contributed by atoms with van der Waals surface area (Å²) in [4.78, 5) is 12.2. The fourth-order valence-electron chi connectivity index (χ4n) is 2.81. The Bertz CT molecular complexity index is 1060. The maximum atomic E-state index is 13.4. The Morgan fingerprint density at radius 1 is 1.09 bits per heavy atom. The number of benzene rings is 2. The first-order chi connectivity index (χ1) is 14.9. The topological polar surface area (TPSA) is 84.9 Å². The molecule has 0 aliphatic heterocycles. The van der Waals surface area contributed by atoms with Crippen LogP contribution in [0, 0.1) is 0 Å². The van der Waals surface area contributed by atoms with Gasteiger partial charge >= 0.3 is 6.18 Å². The van der Waals surface area contributed by atoms with Gasteiger partial charge in [0.1, 0.15) is 6.54 Å². The van der Waals surface area contributed by atoms with Gasteiger partial charge in [0, 0.05) is 12.1 Å². The number of halogens is 3. The van der Waals surface area contributed by atoms with Crippen LogP contribution in [-0.4, -0.2) is 41.1 Å². The summed E-state index contributed by atoms with van der Waals surface area (Å²) in [6, 6.07) is 7.32. The fraction of sp³-hybridized carbons (Fsp3) is 0.381. The van der Waals surface area contributed by atoms with Gasteiger partial charge in [-0.05, 0) is 43.7 Å². The molecule has 2 rings (SSSR count). The molecular formula is C21H25F3N2O5S. The predicted molar refractivity (Wildman–Crippen MR) is 113 cm³/mol. The van der Waals surface area contributed by atoms with Crippen molar-refractivity contribution in [1.29, 1.82) is 0 Å². The van der Waals surface area contributed by atoms with Crippen molar-refractivity contribution in [2.45, 2.75) is 37.4 Å². The number of nitrogens with zero attached hydrogens (tertiary/aromatic N) is 1. The molecule has 176 valence electrons. The second-order valence-electron chi connectivity index (χ2n) is 6.95. The maximum absolute atomic E-state index is 13.4. The van der Waals surface area contributed by atoms with Crippen molar-refractivity contribution in [1.82, 2.24) is 5.32 Å². The highest BCUT2D eigenvalue weighted by atomic mass is 32.2. The second-order valence-corrected chi connectivity index (χ2v) is 8.82. The van der Waals surface area contributed by atoms with E-state index in [2.05, 4.69) is 5.32 Å². The highest BCUT2D eigenvalue weighted by Crippen LogP contribution is 2.35. The van der Waals surface area contributed by atoms with Crippen LogP contribution < -0.4 is 19.1 Å². The van der Waals surface area contributed by atoms with Crippen molar-refractivity contribution in [2.75, 3.05) is 25.1 Å². The third kappa shape index (κ3) is 5.84. The third-order valence-electron chi connectivity index (χ3n) is 4.71. The van der Waals surface area contributed by atoms with Crippen LogP contribution in [0.5, 0.6) is 11.5 Å². The zero-order valence-electron chi connectivity index (χ0n) is 18.1. The molecule has 0 spiro atoms. The zero-order valence-corrected chi connectivity index (χ0v) is 18.9. The summed E-state index contributed by atoms with van der Waals surface area (Å²) in [7, 11) is -1.75. The van der Waals surface area contributed by atoms with Gasteiger partial charge in [0.05, 0.1) is 30.4 Å². The van der Waals surface area contributed by atoms with Crippen molar-refractivity contribution in [3.8, 4) is 11.5 Å². The normalized spacial score (nSPS) is 12.7. The lowest BCUT2D eigenvalue weighted by atomic mass is 10.2. The van der Waals surface area contributed by atoms with Crippen LogP contribution in [0.1, 0.15) is 25.8 Å². The van der Waals surface area contributed by atoms with E-state index in [1.165, 1.54) is 38.5 Å². The van der Waals surface area contributed by atoms with Crippen LogP contribution in [0.25, 0.3) is 0 Å². The SMILES string of the molecule is CCC(C)NC(=O)CN(c1cccc(C(F)(F)F)c1)S(=O)(=O)c1ccc(OC)c(OC)c1. The second kappa shape index (κ2) is 10.1. The van der Waals surface area contributed by atoms with E-state index in [-0.39, 0.29) is 28.1 Å². The minimum atomic E-state index is -4.69. The Kier molecular flexibility index (Phi) is 8.00. The Labute approximate surface area is 185 Å². The smallest absolute Gasteiger partial charge is 0.416 e. The number of nitrogens with one attached hydrogen (secondary N) is 1. The Balaban J connectivity index is 2.59. The molecular weight excluding hydrogens is 449 g/mol. The molecule has 0 radical (unpaired) electrons. The molecule has 2 aromatic rings. The summed E-state index contributed by atoms with van der Waals surface area (Å²) >= 11 is 0. The minimum absolute atomic E-state index is 0.113. The van der Waals surface area contributed by atoms with Crippen LogP contribution >= 0.6 is 0 Å². The third-order valence-corrected chi connectivity index (χ3v) is 6.48. The molecule has 0 aliphatic rings. The number of ether oxygens (including phenoxy) is 2. The van der Waals surface area contributed by atoms with E-state index in [4.69, 9.17) is 9.47 Å². The number of alkyl halides is 3. The predicted octanol–water partition coefficient (Wildman–Crippen LogP) is 3.83. The quantitative estimate of drug-likeness (QED) is 0.597. The van der Waals surface area contributed by atoms with Gasteiger partial charge in [0.2, 0.25) is 5.91 Å². The highest BCUT2D eigenvalue weighted by molar-refractivity contribution is 7.92. The lowest BCUT2D eigenvalue weighted by Gasteiger charge is -2.26. The summed E-state index contributed by atoms with van der Waals surface area (Å²) in [6.07, 6.45) is -4.09. The van der Waals surface area contributed by atoms with Gasteiger partial charge < -0.3 is 14.8 Å². The molecule has 1 amide bonds. The summed E-state index contributed by atoms with van der Waals surface area (Å²) < 4.78 is 77.4. The molecule has 1 unspecified atom stereocenters. The number of amides is 1. The first kappa shape index (κ1) is 25.3. The van der Waals surface area contributed by atoms with Gasteiger partial charge in [-0.25, -0.2) is 8.42 Å². The van der Waals surface area contributed by atoms with Crippen molar-refractivity contribution in [3.63, 3.8) is 0 Å². The zero-order chi connectivity index (χ0) is 24.1. The average molecular weight is 475 g/mol. The first-order valence-electron chi connectivity index (χ1n) is 9.65. The molecule has 11 heteroatoms. The van der Waals surface area contributed by atoms with E-state index in [9.17, 15) is 26.4 Å². The highest BCUT2D eigenvalue weighted by Gasteiger charge is 2.33. The summed E-state index contributed by atoms with van der Waals surface area (Å²) in [5.41, 5.74) is -1.33. The number of carbonyl (C=O) groups excluding carboxylic acids is 1. The van der Waals surface area contributed by atoms with Crippen molar-refractivity contribution in [2.24, 2.45) is 0 Å². The Morgan fingerprint density at radius 3 is 2.31 bits per heavy atom. The molecule has 0 saturated carbocycles. The number of methoxy groups -OCH3 is 2. The Morgan fingerprint density at radius 2 is 1.75 bits per heavy atom. The Hall–Kier alpha value is -2.95. The largest absolute Gasteiger partial charge is 0.493 e. The molecule has 1 atom stereocenters. The van der Waals surface area contributed by atoms with Crippen molar-refractivity contribution in [3.05, 3.63) is 48.0 Å². The van der Waals surface area contributed by atoms with Gasteiger partial charge in [0.15, 0.2) is 11.5 Å². The first-order valence-corrected chi connectivity index (χ1v) is 11.1. The monoisotopic (exact) mass is 474 g/mol. The van der Waals surface area contributed by atoms with Crippen LogP contribution in [0.15, 0.2) is 47.4 Å². The fourth-order valence-corrected chi connectivity index (χ4v) is 4.24. The molecule has 0 aliphatic carbocycles. The molecule has 7 nitrogen and oxygen atoms in total. The minimum Gasteiger partial charge on any atom is -0.493 e. The van der Waals surface area contributed by atoms with Gasteiger partial charge in [-0.1, -0.05) is 13.0 Å². The van der Waals surface area contributed by atoms with Crippen molar-refractivity contribution < 1.29 is 35.9 Å². The number of anilines is 1. The molecule has 32 heavy (non-hydrogen) atoms. The lowest BCUT2D eigenvalue weighted by Crippen LogP contribution is -2.43. The average Bonchev–Trinajstić information content (AvgIpc) is 2.76. The lowest BCUT2D eigenvalue weighted by molar-refractivity contribution is -0.137. The van der Waals surface area contributed by atoms with E-state index in [0.717, 1.165) is 12.1 Å². The van der Waals surface area contributed by atoms with E-state index in [1.807, 2.05) is 6.92 Å². The molecule has 0 aromatic heterocycles. The molecule has 0 fully saturated rings. The van der Waals surface area contributed by atoms with E-state index < -0.39 is 34.2 Å². The van der Waals surface area contributed by atoms with Gasteiger partial charge in [-0.3, -0.25) is 9.10 Å². The molecule has 0 bridgehead atoms. The van der Waals surface area contributed by atoms with Crippen LogP contribution in [-0.2, 0) is 21.0 Å². The molecule has 2 aromatic carbocycles. The van der Waals surface area contributed by atoms with E-state index in [0.29, 0.717) is 16.8 Å². The maximum Gasteiger partial charge on any atom is 0.416 e. The number of hydrogen-bond acceptors (Lipinski definition) is 5. The number of rotatable bonds is 9. The van der Waals surface area contributed by atoms with Gasteiger partial charge in [-0.15, -0.1) is 0 Å². The summed E-state index contributed by atoms with van der Waals surface area (Å²) in [5, 5.41) is 2.63. The number of hydrogen-bond donors (Lipinski definition) is 1. The van der Waals surface area contributed by atoms with Gasteiger partial charge in [-0.2, -0.15) is 13.2 Å². The molecule has 0 saturated heterocycles. The van der Waals surface area contributed by atoms with Gasteiger partial charge in [0.25, 0.3) is 10.0 Å². The van der Waals surface area contributed by atoms with E-state index in [1.54, 1.807) is 6.92 Å².